The first-order chi connectivity index (χ1) is 9.33. The molecule has 1 heterocycles. The molecule has 0 atom stereocenters. The van der Waals surface area contributed by atoms with Gasteiger partial charge in [-0.25, -0.2) is 4.68 Å². The molecule has 1 aliphatic rings. The summed E-state index contributed by atoms with van der Waals surface area (Å²) in [6.45, 7) is 0. The van der Waals surface area contributed by atoms with Crippen LogP contribution in [-0.2, 0) is 0 Å². The molecule has 0 amide bonds. The van der Waals surface area contributed by atoms with Crippen LogP contribution < -0.4 is 5.73 Å². The zero-order chi connectivity index (χ0) is 12.8. The summed E-state index contributed by atoms with van der Waals surface area (Å²) in [6, 6.07) is 14.6. The zero-order valence-electron chi connectivity index (χ0n) is 10.5. The van der Waals surface area contributed by atoms with E-state index in [4.69, 9.17) is 5.73 Å². The lowest BCUT2D eigenvalue weighted by Crippen LogP contribution is -2.02. The van der Waals surface area contributed by atoms with Gasteiger partial charge in [0.05, 0.1) is 11.4 Å². The number of hydrogen-bond donors (Lipinski definition) is 1. The van der Waals surface area contributed by atoms with Crippen molar-refractivity contribution in [3.05, 3.63) is 48.2 Å². The number of rotatable bonds is 2. The van der Waals surface area contributed by atoms with Gasteiger partial charge in [-0.1, -0.05) is 35.5 Å². The molecule has 4 rings (SSSR count). The Morgan fingerprint density at radius 2 is 1.84 bits per heavy atom. The molecular formula is C15H14N4. The highest BCUT2D eigenvalue weighted by molar-refractivity contribution is 5.84. The molecule has 2 aromatic carbocycles. The normalized spacial score (nSPS) is 14.9. The lowest BCUT2D eigenvalue weighted by molar-refractivity contribution is 0.764. The molecule has 0 bridgehead atoms. The second-order valence-corrected chi connectivity index (χ2v) is 5.08. The van der Waals surface area contributed by atoms with Crippen molar-refractivity contribution >= 4 is 16.6 Å². The first-order valence-corrected chi connectivity index (χ1v) is 6.53. The van der Waals surface area contributed by atoms with E-state index in [0.717, 1.165) is 11.4 Å². The molecule has 4 nitrogen and oxygen atoms in total. The Hall–Kier alpha value is -2.36. The van der Waals surface area contributed by atoms with Crippen molar-refractivity contribution in [2.24, 2.45) is 0 Å². The third kappa shape index (κ3) is 1.68. The molecule has 1 aliphatic carbocycles. The maximum atomic E-state index is 5.94. The maximum Gasteiger partial charge on any atom is 0.169 e. The van der Waals surface area contributed by atoms with Crippen molar-refractivity contribution < 1.29 is 0 Å². The summed E-state index contributed by atoms with van der Waals surface area (Å²) >= 11 is 0. The smallest absolute Gasteiger partial charge is 0.169 e. The largest absolute Gasteiger partial charge is 0.381 e. The summed E-state index contributed by atoms with van der Waals surface area (Å²) in [7, 11) is 0. The van der Waals surface area contributed by atoms with Crippen molar-refractivity contribution in [3.8, 4) is 5.69 Å². The van der Waals surface area contributed by atoms with Gasteiger partial charge in [0.1, 0.15) is 0 Å². The van der Waals surface area contributed by atoms with Crippen LogP contribution in [0.25, 0.3) is 16.5 Å². The van der Waals surface area contributed by atoms with Gasteiger partial charge in [0.2, 0.25) is 0 Å². The van der Waals surface area contributed by atoms with E-state index in [1.807, 2.05) is 16.8 Å². The first-order valence-electron chi connectivity index (χ1n) is 6.53. The summed E-state index contributed by atoms with van der Waals surface area (Å²) in [5.41, 5.74) is 8.04. The summed E-state index contributed by atoms with van der Waals surface area (Å²) in [5.74, 6) is 1.09. The number of nitrogen functional groups attached to an aromatic ring is 1. The SMILES string of the molecule is Nc1nnn(-c2ccc3ccccc3c2)c1C1CC1. The molecule has 0 spiro atoms. The van der Waals surface area contributed by atoms with Crippen molar-refractivity contribution in [1.29, 1.82) is 0 Å². The first kappa shape index (κ1) is 10.6. The standard InChI is InChI=1S/C15H14N4/c16-15-14(11-5-6-11)19(18-17-15)13-8-7-10-3-1-2-4-12(10)9-13/h1-4,7-9,11H,5-6,16H2. The Balaban J connectivity index is 1.90. The van der Waals surface area contributed by atoms with E-state index in [-0.39, 0.29) is 0 Å². The number of anilines is 1. The minimum absolute atomic E-state index is 0.529. The number of nitrogens with two attached hydrogens (primary N) is 1. The molecule has 4 heteroatoms. The number of fused-ring (bicyclic) bond motifs is 1. The minimum Gasteiger partial charge on any atom is -0.381 e. The van der Waals surface area contributed by atoms with Gasteiger partial charge in [0, 0.05) is 5.92 Å². The van der Waals surface area contributed by atoms with Crippen LogP contribution in [0.5, 0.6) is 0 Å². The van der Waals surface area contributed by atoms with Crippen molar-refractivity contribution in [2.45, 2.75) is 18.8 Å². The van der Waals surface area contributed by atoms with Crippen molar-refractivity contribution in [2.75, 3.05) is 5.73 Å². The third-order valence-electron chi connectivity index (χ3n) is 3.67. The molecule has 0 radical (unpaired) electrons. The van der Waals surface area contributed by atoms with Crippen LogP contribution in [-0.4, -0.2) is 15.0 Å². The van der Waals surface area contributed by atoms with Crippen LogP contribution >= 0.6 is 0 Å². The van der Waals surface area contributed by atoms with Gasteiger partial charge in [-0.2, -0.15) is 0 Å². The third-order valence-corrected chi connectivity index (χ3v) is 3.67. The van der Waals surface area contributed by atoms with Crippen LogP contribution in [0, 0.1) is 0 Å². The highest BCUT2D eigenvalue weighted by Gasteiger charge is 2.31. The van der Waals surface area contributed by atoms with Crippen LogP contribution in [0.2, 0.25) is 0 Å². The molecule has 0 unspecified atom stereocenters. The highest BCUT2D eigenvalue weighted by atomic mass is 15.4. The van der Waals surface area contributed by atoms with Crippen LogP contribution in [0.1, 0.15) is 24.5 Å². The van der Waals surface area contributed by atoms with E-state index < -0.39 is 0 Å². The fourth-order valence-electron chi connectivity index (χ4n) is 2.54. The molecule has 1 aromatic heterocycles. The van der Waals surface area contributed by atoms with E-state index >= 15 is 0 Å². The quantitative estimate of drug-likeness (QED) is 0.760. The fourth-order valence-corrected chi connectivity index (χ4v) is 2.54. The van der Waals surface area contributed by atoms with Gasteiger partial charge in [0.15, 0.2) is 5.82 Å². The average molecular weight is 250 g/mol. The maximum absolute atomic E-state index is 5.94. The molecule has 0 saturated heterocycles. The number of benzene rings is 2. The number of hydrogen-bond acceptors (Lipinski definition) is 3. The van der Waals surface area contributed by atoms with E-state index in [0.29, 0.717) is 11.7 Å². The zero-order valence-corrected chi connectivity index (χ0v) is 10.5. The molecule has 0 aliphatic heterocycles. The van der Waals surface area contributed by atoms with Gasteiger partial charge in [-0.05, 0) is 35.7 Å². The van der Waals surface area contributed by atoms with Gasteiger partial charge < -0.3 is 5.73 Å². The van der Waals surface area contributed by atoms with E-state index in [1.54, 1.807) is 0 Å². The van der Waals surface area contributed by atoms with Gasteiger partial charge >= 0.3 is 0 Å². The van der Waals surface area contributed by atoms with Crippen LogP contribution in [0.4, 0.5) is 5.82 Å². The predicted octanol–water partition coefficient (Wildman–Crippen LogP) is 2.88. The monoisotopic (exact) mass is 250 g/mol. The van der Waals surface area contributed by atoms with Crippen LogP contribution in [0.3, 0.4) is 0 Å². The summed E-state index contributed by atoms with van der Waals surface area (Å²) in [4.78, 5) is 0. The molecule has 1 saturated carbocycles. The number of aromatic nitrogens is 3. The number of nitrogens with zero attached hydrogens (tertiary/aromatic N) is 3. The molecular weight excluding hydrogens is 236 g/mol. The summed E-state index contributed by atoms with van der Waals surface area (Å²) < 4.78 is 1.89. The summed E-state index contributed by atoms with van der Waals surface area (Å²) in [5, 5.41) is 10.7. The van der Waals surface area contributed by atoms with E-state index in [2.05, 4.69) is 40.6 Å². The second-order valence-electron chi connectivity index (χ2n) is 5.08. The van der Waals surface area contributed by atoms with Gasteiger partial charge in [0.25, 0.3) is 0 Å². The Kier molecular flexibility index (Phi) is 2.12. The predicted molar refractivity (Wildman–Crippen MR) is 75.3 cm³/mol. The second kappa shape index (κ2) is 3.82. The van der Waals surface area contributed by atoms with E-state index in [9.17, 15) is 0 Å². The van der Waals surface area contributed by atoms with Gasteiger partial charge in [-0.15, -0.1) is 5.10 Å². The van der Waals surface area contributed by atoms with Crippen molar-refractivity contribution in [1.82, 2.24) is 15.0 Å². The Bertz CT molecular complexity index is 756. The fraction of sp³-hybridized carbons (Fsp3) is 0.200. The Morgan fingerprint density at radius 1 is 1.05 bits per heavy atom. The van der Waals surface area contributed by atoms with Crippen molar-refractivity contribution in [3.63, 3.8) is 0 Å². The highest BCUT2D eigenvalue weighted by Crippen LogP contribution is 2.42. The van der Waals surface area contributed by atoms with E-state index in [1.165, 1.54) is 23.6 Å². The topological polar surface area (TPSA) is 56.7 Å². The van der Waals surface area contributed by atoms with Gasteiger partial charge in [-0.3, -0.25) is 0 Å². The average Bonchev–Trinajstić information content (AvgIpc) is 3.21. The molecule has 2 N–H and O–H groups in total. The lowest BCUT2D eigenvalue weighted by Gasteiger charge is -2.07. The molecule has 3 aromatic rings. The Morgan fingerprint density at radius 3 is 2.63 bits per heavy atom. The minimum atomic E-state index is 0.529. The summed E-state index contributed by atoms with van der Waals surface area (Å²) in [6.07, 6.45) is 2.37. The lowest BCUT2D eigenvalue weighted by atomic mass is 10.1. The van der Waals surface area contributed by atoms with Crippen LogP contribution in [0.15, 0.2) is 42.5 Å². The Labute approximate surface area is 110 Å². The molecule has 1 fully saturated rings. The molecule has 19 heavy (non-hydrogen) atoms. The molecule has 94 valence electrons.